The van der Waals surface area contributed by atoms with E-state index >= 15 is 0 Å². The van der Waals surface area contributed by atoms with Crippen LogP contribution in [0.25, 0.3) is 0 Å². The topological polar surface area (TPSA) is 6.48 Å². The first-order chi connectivity index (χ1) is 14.8. The summed E-state index contributed by atoms with van der Waals surface area (Å²) in [5.74, 6) is 1.42. The number of anilines is 1. The third-order valence-electron chi connectivity index (χ3n) is 6.66. The van der Waals surface area contributed by atoms with Gasteiger partial charge < -0.3 is 4.90 Å². The molecule has 1 saturated carbocycles. The summed E-state index contributed by atoms with van der Waals surface area (Å²) in [6.07, 6.45) is 2.18. The van der Waals surface area contributed by atoms with Crippen molar-refractivity contribution in [3.05, 3.63) is 101 Å². The number of para-hydroxylation sites is 1. The second-order valence-corrected chi connectivity index (χ2v) is 8.73. The predicted octanol–water partition coefficient (Wildman–Crippen LogP) is 5.34. The maximum Gasteiger partial charge on any atom is 0.123 e. The Kier molecular flexibility index (Phi) is 5.54. The van der Waals surface area contributed by atoms with Crippen molar-refractivity contribution in [3.8, 4) is 0 Å². The summed E-state index contributed by atoms with van der Waals surface area (Å²) >= 11 is 0. The van der Waals surface area contributed by atoms with Crippen LogP contribution in [0.1, 0.15) is 29.0 Å². The number of piperazine rings is 1. The maximum absolute atomic E-state index is 13.2. The minimum Gasteiger partial charge on any atom is -0.369 e. The third kappa shape index (κ3) is 4.41. The van der Waals surface area contributed by atoms with Gasteiger partial charge in [0.25, 0.3) is 0 Å². The molecule has 1 aliphatic heterocycles. The Balaban J connectivity index is 1.18. The Morgan fingerprint density at radius 3 is 2.23 bits per heavy atom. The maximum atomic E-state index is 13.2. The smallest absolute Gasteiger partial charge is 0.123 e. The Morgan fingerprint density at radius 2 is 1.47 bits per heavy atom. The number of hydrogen-bond donors (Lipinski definition) is 0. The molecule has 0 amide bonds. The molecule has 1 heterocycles. The standard InChI is InChI=1S/C27H29FN2/c28-25-12-10-21(11-13-25)18-23-8-4-5-9-27(23)30-16-14-29(15-17-30)20-24-19-26(24)22-6-2-1-3-7-22/h1-13,24,26H,14-20H2/t24-,26-/m0/s1. The van der Waals surface area contributed by atoms with E-state index < -0.39 is 0 Å². The number of rotatable bonds is 6. The normalized spacial score (nSPS) is 21.6. The molecule has 2 aliphatic rings. The second-order valence-electron chi connectivity index (χ2n) is 8.73. The van der Waals surface area contributed by atoms with Crippen molar-refractivity contribution < 1.29 is 4.39 Å². The van der Waals surface area contributed by atoms with Gasteiger partial charge in [0.05, 0.1) is 0 Å². The van der Waals surface area contributed by atoms with Crippen molar-refractivity contribution >= 4 is 5.69 Å². The Hall–Kier alpha value is -2.65. The molecule has 30 heavy (non-hydrogen) atoms. The monoisotopic (exact) mass is 400 g/mol. The molecule has 5 rings (SSSR count). The molecule has 0 bridgehead atoms. The summed E-state index contributed by atoms with van der Waals surface area (Å²) in [6.45, 7) is 5.63. The summed E-state index contributed by atoms with van der Waals surface area (Å²) in [4.78, 5) is 5.17. The number of benzene rings is 3. The predicted molar refractivity (Wildman–Crippen MR) is 122 cm³/mol. The van der Waals surface area contributed by atoms with Gasteiger partial charge in [0.1, 0.15) is 5.82 Å². The molecule has 1 aliphatic carbocycles. The highest BCUT2D eigenvalue weighted by molar-refractivity contribution is 5.55. The van der Waals surface area contributed by atoms with Crippen LogP contribution in [0.4, 0.5) is 10.1 Å². The van der Waals surface area contributed by atoms with Crippen molar-refractivity contribution in [2.75, 3.05) is 37.6 Å². The molecule has 0 aromatic heterocycles. The lowest BCUT2D eigenvalue weighted by Crippen LogP contribution is -2.47. The molecular weight excluding hydrogens is 371 g/mol. The van der Waals surface area contributed by atoms with E-state index in [1.165, 1.54) is 29.8 Å². The molecule has 2 fully saturated rings. The first-order valence-corrected chi connectivity index (χ1v) is 11.1. The van der Waals surface area contributed by atoms with Crippen molar-refractivity contribution in [1.82, 2.24) is 4.90 Å². The molecular formula is C27H29FN2. The van der Waals surface area contributed by atoms with Gasteiger partial charge in [-0.3, -0.25) is 4.90 Å². The molecule has 3 heteroatoms. The summed E-state index contributed by atoms with van der Waals surface area (Å²) in [5, 5.41) is 0. The first kappa shape index (κ1) is 19.3. The van der Waals surface area contributed by atoms with Gasteiger partial charge in [-0.05, 0) is 59.6 Å². The molecule has 1 saturated heterocycles. The van der Waals surface area contributed by atoms with E-state index in [1.807, 2.05) is 12.1 Å². The van der Waals surface area contributed by atoms with Gasteiger partial charge in [0, 0.05) is 38.4 Å². The molecule has 3 aromatic carbocycles. The quantitative estimate of drug-likeness (QED) is 0.551. The molecule has 2 nitrogen and oxygen atoms in total. The number of halogens is 1. The highest BCUT2D eigenvalue weighted by atomic mass is 19.1. The van der Waals surface area contributed by atoms with Crippen LogP contribution >= 0.6 is 0 Å². The molecule has 0 spiro atoms. The van der Waals surface area contributed by atoms with Crippen molar-refractivity contribution in [3.63, 3.8) is 0 Å². The van der Waals surface area contributed by atoms with Gasteiger partial charge in [-0.15, -0.1) is 0 Å². The first-order valence-electron chi connectivity index (χ1n) is 11.1. The van der Waals surface area contributed by atoms with E-state index in [4.69, 9.17) is 0 Å². The van der Waals surface area contributed by atoms with Gasteiger partial charge >= 0.3 is 0 Å². The van der Waals surface area contributed by atoms with Crippen LogP contribution in [-0.2, 0) is 6.42 Å². The molecule has 0 unspecified atom stereocenters. The SMILES string of the molecule is Fc1ccc(Cc2ccccc2N2CCN(C[C@@H]3C[C@H]3c3ccccc3)CC2)cc1. The van der Waals surface area contributed by atoms with E-state index in [0.29, 0.717) is 0 Å². The average Bonchev–Trinajstić information content (AvgIpc) is 3.56. The third-order valence-corrected chi connectivity index (χ3v) is 6.66. The van der Waals surface area contributed by atoms with Crippen molar-refractivity contribution in [2.24, 2.45) is 5.92 Å². The van der Waals surface area contributed by atoms with E-state index in [-0.39, 0.29) is 5.82 Å². The van der Waals surface area contributed by atoms with Crippen molar-refractivity contribution in [1.29, 1.82) is 0 Å². The summed E-state index contributed by atoms with van der Waals surface area (Å²) in [5.41, 5.74) is 5.32. The zero-order chi connectivity index (χ0) is 20.3. The van der Waals surface area contributed by atoms with Crippen molar-refractivity contribution in [2.45, 2.75) is 18.8 Å². The van der Waals surface area contributed by atoms with Gasteiger partial charge in [-0.2, -0.15) is 0 Å². The van der Waals surface area contributed by atoms with Gasteiger partial charge in [-0.25, -0.2) is 4.39 Å². The fourth-order valence-corrected chi connectivity index (χ4v) is 4.85. The van der Waals surface area contributed by atoms with Gasteiger partial charge in [0.15, 0.2) is 0 Å². The lowest BCUT2D eigenvalue weighted by molar-refractivity contribution is 0.246. The zero-order valence-electron chi connectivity index (χ0n) is 17.4. The van der Waals surface area contributed by atoms with Crippen LogP contribution < -0.4 is 4.90 Å². The Bertz CT molecular complexity index is 962. The minimum absolute atomic E-state index is 0.173. The number of nitrogens with zero attached hydrogens (tertiary/aromatic N) is 2. The van der Waals surface area contributed by atoms with E-state index in [9.17, 15) is 4.39 Å². The van der Waals surface area contributed by atoms with Crippen LogP contribution in [0.2, 0.25) is 0 Å². The summed E-state index contributed by atoms with van der Waals surface area (Å²) in [6, 6.07) is 26.6. The fraction of sp³-hybridized carbons (Fsp3) is 0.333. The molecule has 2 atom stereocenters. The molecule has 3 aromatic rings. The van der Waals surface area contributed by atoms with Crippen LogP contribution in [-0.4, -0.2) is 37.6 Å². The van der Waals surface area contributed by atoms with E-state index in [2.05, 4.69) is 64.4 Å². The minimum atomic E-state index is -0.173. The summed E-state index contributed by atoms with van der Waals surface area (Å²) in [7, 11) is 0. The molecule has 0 N–H and O–H groups in total. The Labute approximate surface area is 179 Å². The highest BCUT2D eigenvalue weighted by Crippen LogP contribution is 2.47. The molecule has 154 valence electrons. The second kappa shape index (κ2) is 8.61. The van der Waals surface area contributed by atoms with Gasteiger partial charge in [-0.1, -0.05) is 60.7 Å². The van der Waals surface area contributed by atoms with E-state index in [1.54, 1.807) is 12.1 Å². The van der Waals surface area contributed by atoms with Crippen LogP contribution in [0.15, 0.2) is 78.9 Å². The van der Waals surface area contributed by atoms with Crippen LogP contribution in [0.3, 0.4) is 0 Å². The van der Waals surface area contributed by atoms with Crippen LogP contribution in [0.5, 0.6) is 0 Å². The number of hydrogen-bond acceptors (Lipinski definition) is 2. The van der Waals surface area contributed by atoms with E-state index in [0.717, 1.165) is 50.0 Å². The average molecular weight is 401 g/mol. The van der Waals surface area contributed by atoms with Crippen LogP contribution in [0, 0.1) is 11.7 Å². The largest absolute Gasteiger partial charge is 0.369 e. The Morgan fingerprint density at radius 1 is 0.767 bits per heavy atom. The zero-order valence-corrected chi connectivity index (χ0v) is 17.4. The summed E-state index contributed by atoms with van der Waals surface area (Å²) < 4.78 is 13.2. The highest BCUT2D eigenvalue weighted by Gasteiger charge is 2.39. The lowest BCUT2D eigenvalue weighted by atomic mass is 10.0. The fourth-order valence-electron chi connectivity index (χ4n) is 4.85. The molecule has 0 radical (unpaired) electrons. The van der Waals surface area contributed by atoms with Gasteiger partial charge in [0.2, 0.25) is 0 Å². The lowest BCUT2D eigenvalue weighted by Gasteiger charge is -2.37.